The third-order valence-electron chi connectivity index (χ3n) is 3.47. The van der Waals surface area contributed by atoms with E-state index in [4.69, 9.17) is 4.42 Å². The first kappa shape index (κ1) is 16.7. The van der Waals surface area contributed by atoms with Crippen LogP contribution in [0.4, 0.5) is 0 Å². The Bertz CT molecular complexity index is 660. The molecule has 0 fully saturated rings. The summed E-state index contributed by atoms with van der Waals surface area (Å²) in [6, 6.07) is 10.8. The molecule has 0 aliphatic rings. The van der Waals surface area contributed by atoms with E-state index in [-0.39, 0.29) is 0 Å². The van der Waals surface area contributed by atoms with Crippen molar-refractivity contribution in [2.24, 2.45) is 0 Å². The van der Waals surface area contributed by atoms with Crippen LogP contribution in [0.3, 0.4) is 0 Å². The average molecular weight is 322 g/mol. The topological polar surface area (TPSA) is 62.6 Å². The Kier molecular flexibility index (Phi) is 5.76. The van der Waals surface area contributed by atoms with Gasteiger partial charge in [-0.1, -0.05) is 26.0 Å². The Hall–Kier alpha value is -1.63. The Morgan fingerprint density at radius 2 is 1.73 bits per heavy atom. The summed E-state index contributed by atoms with van der Waals surface area (Å²) in [7, 11) is -3.38. The fourth-order valence-corrected chi connectivity index (χ4v) is 3.69. The van der Waals surface area contributed by atoms with Crippen LogP contribution in [-0.4, -0.2) is 25.8 Å². The summed E-state index contributed by atoms with van der Waals surface area (Å²) in [5.41, 5.74) is 1.03. The highest BCUT2D eigenvalue weighted by Crippen LogP contribution is 2.16. The second-order valence-electron chi connectivity index (χ2n) is 4.92. The van der Waals surface area contributed by atoms with Gasteiger partial charge in [-0.15, -0.1) is 0 Å². The molecule has 0 amide bonds. The fourth-order valence-electron chi connectivity index (χ4n) is 2.24. The summed E-state index contributed by atoms with van der Waals surface area (Å²) in [6.07, 6.45) is 1.64. The van der Waals surface area contributed by atoms with E-state index < -0.39 is 10.0 Å². The minimum absolute atomic E-state index is 0.339. The normalized spacial score (nSPS) is 12.0. The van der Waals surface area contributed by atoms with Crippen LogP contribution in [0.1, 0.15) is 25.2 Å². The van der Waals surface area contributed by atoms with E-state index in [0.717, 1.165) is 11.3 Å². The second-order valence-corrected chi connectivity index (χ2v) is 6.85. The molecule has 0 atom stereocenters. The van der Waals surface area contributed by atoms with E-state index in [1.165, 1.54) is 4.31 Å². The number of benzene rings is 1. The Morgan fingerprint density at radius 1 is 1.05 bits per heavy atom. The van der Waals surface area contributed by atoms with Gasteiger partial charge in [-0.2, -0.15) is 4.31 Å². The van der Waals surface area contributed by atoms with Gasteiger partial charge in [-0.3, -0.25) is 0 Å². The number of sulfonamides is 1. The van der Waals surface area contributed by atoms with Crippen molar-refractivity contribution in [1.29, 1.82) is 0 Å². The van der Waals surface area contributed by atoms with Crippen LogP contribution >= 0.6 is 0 Å². The van der Waals surface area contributed by atoms with Crippen molar-refractivity contribution in [3.8, 4) is 0 Å². The van der Waals surface area contributed by atoms with Gasteiger partial charge in [0.2, 0.25) is 10.0 Å². The Labute approximate surface area is 132 Å². The van der Waals surface area contributed by atoms with Crippen molar-refractivity contribution < 1.29 is 12.8 Å². The summed E-state index contributed by atoms with van der Waals surface area (Å²) in [5, 5.41) is 3.25. The predicted octanol–water partition coefficient (Wildman–Crippen LogP) is 2.60. The first-order valence-corrected chi connectivity index (χ1v) is 8.84. The molecule has 0 bridgehead atoms. The van der Waals surface area contributed by atoms with Crippen LogP contribution in [0.5, 0.6) is 0 Å². The lowest BCUT2D eigenvalue weighted by Gasteiger charge is -2.18. The fraction of sp³-hybridized carbons (Fsp3) is 0.375. The molecule has 0 saturated carbocycles. The number of furan rings is 1. The summed E-state index contributed by atoms with van der Waals surface area (Å²) >= 11 is 0. The number of hydrogen-bond donors (Lipinski definition) is 1. The molecule has 1 aromatic heterocycles. The van der Waals surface area contributed by atoms with Gasteiger partial charge >= 0.3 is 0 Å². The summed E-state index contributed by atoms with van der Waals surface area (Å²) in [5.74, 6) is 0.876. The number of hydrogen-bond acceptors (Lipinski definition) is 4. The third-order valence-corrected chi connectivity index (χ3v) is 5.54. The van der Waals surface area contributed by atoms with Gasteiger partial charge in [0.15, 0.2) is 0 Å². The standard InChI is InChI=1S/C16H22N2O3S/c1-3-18(4-2)22(19,20)16-9-7-14(8-10-16)12-17-13-15-6-5-11-21-15/h5-11,17H,3-4,12-13H2,1-2H3. The minimum Gasteiger partial charge on any atom is -0.468 e. The Morgan fingerprint density at radius 3 is 2.27 bits per heavy atom. The van der Waals surface area contributed by atoms with E-state index in [1.54, 1.807) is 18.4 Å². The molecule has 1 aromatic carbocycles. The molecule has 120 valence electrons. The van der Waals surface area contributed by atoms with Crippen molar-refractivity contribution in [2.75, 3.05) is 13.1 Å². The van der Waals surface area contributed by atoms with Crippen molar-refractivity contribution in [2.45, 2.75) is 31.8 Å². The highest BCUT2D eigenvalue weighted by atomic mass is 32.2. The molecule has 1 heterocycles. The highest BCUT2D eigenvalue weighted by Gasteiger charge is 2.20. The van der Waals surface area contributed by atoms with E-state index in [0.29, 0.717) is 31.1 Å². The average Bonchev–Trinajstić information content (AvgIpc) is 3.02. The maximum absolute atomic E-state index is 12.4. The molecular formula is C16H22N2O3S. The first-order chi connectivity index (χ1) is 10.6. The summed E-state index contributed by atoms with van der Waals surface area (Å²) in [4.78, 5) is 0.339. The zero-order valence-electron chi connectivity index (χ0n) is 13.0. The van der Waals surface area contributed by atoms with Crippen molar-refractivity contribution >= 4 is 10.0 Å². The monoisotopic (exact) mass is 322 g/mol. The van der Waals surface area contributed by atoms with Gasteiger partial charge in [0.05, 0.1) is 17.7 Å². The van der Waals surface area contributed by atoms with Crippen LogP contribution in [-0.2, 0) is 23.1 Å². The minimum atomic E-state index is -3.38. The molecule has 0 aliphatic heterocycles. The lowest BCUT2D eigenvalue weighted by Crippen LogP contribution is -2.30. The van der Waals surface area contributed by atoms with Gasteiger partial charge < -0.3 is 9.73 Å². The second kappa shape index (κ2) is 7.58. The number of nitrogens with one attached hydrogen (secondary N) is 1. The van der Waals surface area contributed by atoms with Crippen LogP contribution in [0.2, 0.25) is 0 Å². The van der Waals surface area contributed by atoms with Gasteiger partial charge in [0.1, 0.15) is 5.76 Å². The molecule has 1 N–H and O–H groups in total. The van der Waals surface area contributed by atoms with Crippen molar-refractivity contribution in [3.63, 3.8) is 0 Å². The SMILES string of the molecule is CCN(CC)S(=O)(=O)c1ccc(CNCc2ccco2)cc1. The Balaban J connectivity index is 1.98. The van der Waals surface area contributed by atoms with Crippen LogP contribution < -0.4 is 5.32 Å². The number of rotatable bonds is 8. The molecule has 2 aromatic rings. The molecule has 0 aliphatic carbocycles. The molecule has 0 radical (unpaired) electrons. The predicted molar refractivity (Wildman–Crippen MR) is 85.8 cm³/mol. The van der Waals surface area contributed by atoms with Gasteiger partial charge in [-0.25, -0.2) is 8.42 Å². The number of nitrogens with zero attached hydrogens (tertiary/aromatic N) is 1. The van der Waals surface area contributed by atoms with Crippen LogP contribution in [0, 0.1) is 0 Å². The van der Waals surface area contributed by atoms with Crippen molar-refractivity contribution in [3.05, 3.63) is 54.0 Å². The third kappa shape index (κ3) is 3.97. The van der Waals surface area contributed by atoms with E-state index in [9.17, 15) is 8.42 Å². The van der Waals surface area contributed by atoms with Gasteiger partial charge in [0.25, 0.3) is 0 Å². The quantitative estimate of drug-likeness (QED) is 0.811. The van der Waals surface area contributed by atoms with Gasteiger partial charge in [-0.05, 0) is 29.8 Å². The first-order valence-electron chi connectivity index (χ1n) is 7.40. The molecule has 5 nitrogen and oxygen atoms in total. The maximum atomic E-state index is 12.4. The molecule has 2 rings (SSSR count). The largest absolute Gasteiger partial charge is 0.468 e. The lowest BCUT2D eigenvalue weighted by molar-refractivity contribution is 0.445. The van der Waals surface area contributed by atoms with E-state index >= 15 is 0 Å². The van der Waals surface area contributed by atoms with E-state index in [2.05, 4.69) is 5.32 Å². The molecular weight excluding hydrogens is 300 g/mol. The van der Waals surface area contributed by atoms with E-state index in [1.807, 2.05) is 38.1 Å². The smallest absolute Gasteiger partial charge is 0.243 e. The molecule has 22 heavy (non-hydrogen) atoms. The lowest BCUT2D eigenvalue weighted by atomic mass is 10.2. The van der Waals surface area contributed by atoms with Crippen LogP contribution in [0.25, 0.3) is 0 Å². The zero-order chi connectivity index (χ0) is 16.0. The summed E-state index contributed by atoms with van der Waals surface area (Å²) < 4.78 is 31.4. The zero-order valence-corrected chi connectivity index (χ0v) is 13.8. The maximum Gasteiger partial charge on any atom is 0.243 e. The molecule has 0 unspecified atom stereocenters. The van der Waals surface area contributed by atoms with Crippen LogP contribution in [0.15, 0.2) is 52.0 Å². The van der Waals surface area contributed by atoms with Crippen molar-refractivity contribution in [1.82, 2.24) is 9.62 Å². The molecule has 0 saturated heterocycles. The summed E-state index contributed by atoms with van der Waals surface area (Å²) in [6.45, 7) is 5.94. The molecule has 6 heteroatoms. The molecule has 0 spiro atoms. The van der Waals surface area contributed by atoms with Gasteiger partial charge in [0, 0.05) is 19.6 Å². The highest BCUT2D eigenvalue weighted by molar-refractivity contribution is 7.89.